The van der Waals surface area contributed by atoms with E-state index in [1.807, 2.05) is 73.7 Å². The quantitative estimate of drug-likeness (QED) is 0.321. The van der Waals surface area contributed by atoms with E-state index in [1.165, 1.54) is 12.8 Å². The summed E-state index contributed by atoms with van der Waals surface area (Å²) in [5.74, 6) is 0.384. The van der Waals surface area contributed by atoms with E-state index in [-0.39, 0.29) is 5.91 Å². The SMILES string of the molecule is Cc1cc(C(=O)Nc2cccc(C(O)(CCC3CC3)c3ccccn3)c2)n(-c2cccc(CN)c2)n1. The number of hydrogen-bond donors (Lipinski definition) is 3. The van der Waals surface area contributed by atoms with Crippen LogP contribution in [0, 0.1) is 12.8 Å². The first kappa shape index (κ1) is 23.9. The Morgan fingerprint density at radius 2 is 1.94 bits per heavy atom. The highest BCUT2D eigenvalue weighted by molar-refractivity contribution is 6.03. The van der Waals surface area contributed by atoms with Gasteiger partial charge in [-0.15, -0.1) is 0 Å². The highest BCUT2D eigenvalue weighted by Gasteiger charge is 2.35. The van der Waals surface area contributed by atoms with Crippen LogP contribution in [0.4, 0.5) is 5.69 Å². The summed E-state index contributed by atoms with van der Waals surface area (Å²) in [6, 6.07) is 22.4. The summed E-state index contributed by atoms with van der Waals surface area (Å²) in [7, 11) is 0. The van der Waals surface area contributed by atoms with Crippen LogP contribution >= 0.6 is 0 Å². The molecule has 184 valence electrons. The van der Waals surface area contributed by atoms with Gasteiger partial charge in [-0.25, -0.2) is 4.68 Å². The average molecular weight is 482 g/mol. The third-order valence-corrected chi connectivity index (χ3v) is 6.75. The number of nitrogens with zero attached hydrogens (tertiary/aromatic N) is 3. The van der Waals surface area contributed by atoms with Crippen LogP contribution in [-0.2, 0) is 12.1 Å². The molecule has 1 aliphatic carbocycles. The number of aliphatic hydroxyl groups is 1. The molecule has 2 aromatic carbocycles. The van der Waals surface area contributed by atoms with E-state index >= 15 is 0 Å². The molecule has 0 bridgehead atoms. The molecule has 0 radical (unpaired) electrons. The lowest BCUT2D eigenvalue weighted by molar-refractivity contribution is 0.0625. The van der Waals surface area contributed by atoms with E-state index < -0.39 is 5.60 Å². The lowest BCUT2D eigenvalue weighted by Crippen LogP contribution is -2.29. The molecule has 2 aromatic heterocycles. The summed E-state index contributed by atoms with van der Waals surface area (Å²) in [5.41, 5.74) is 9.37. The molecule has 1 saturated carbocycles. The molecular weight excluding hydrogens is 450 g/mol. The van der Waals surface area contributed by atoms with Crippen LogP contribution in [0.3, 0.4) is 0 Å². The number of hydrogen-bond acceptors (Lipinski definition) is 5. The van der Waals surface area contributed by atoms with Crippen molar-refractivity contribution in [3.63, 3.8) is 0 Å². The number of benzene rings is 2. The molecule has 1 atom stereocenters. The van der Waals surface area contributed by atoms with Crippen molar-refractivity contribution in [3.8, 4) is 5.69 Å². The van der Waals surface area contributed by atoms with Crippen LogP contribution in [0.25, 0.3) is 5.69 Å². The van der Waals surface area contributed by atoms with E-state index in [9.17, 15) is 9.90 Å². The van der Waals surface area contributed by atoms with Crippen LogP contribution in [0.5, 0.6) is 0 Å². The van der Waals surface area contributed by atoms with Gasteiger partial charge >= 0.3 is 0 Å². The van der Waals surface area contributed by atoms with E-state index in [2.05, 4.69) is 15.4 Å². The summed E-state index contributed by atoms with van der Waals surface area (Å²) in [5, 5.41) is 19.4. The topological polar surface area (TPSA) is 106 Å². The molecule has 36 heavy (non-hydrogen) atoms. The fourth-order valence-electron chi connectivity index (χ4n) is 4.57. The molecular formula is C29H31N5O2. The molecule has 1 amide bonds. The van der Waals surface area contributed by atoms with Crippen LogP contribution in [0.1, 0.15) is 58.7 Å². The summed E-state index contributed by atoms with van der Waals surface area (Å²) in [6.07, 6.45) is 5.65. The number of pyridine rings is 1. The summed E-state index contributed by atoms with van der Waals surface area (Å²) < 4.78 is 1.63. The molecule has 2 heterocycles. The predicted octanol–water partition coefficient (Wildman–Crippen LogP) is 4.71. The van der Waals surface area contributed by atoms with Gasteiger partial charge in [0, 0.05) is 18.4 Å². The normalized spacial score (nSPS) is 14.9. The molecule has 1 fully saturated rings. The molecule has 1 aliphatic rings. The maximum atomic E-state index is 13.4. The largest absolute Gasteiger partial charge is 0.379 e. The predicted molar refractivity (Wildman–Crippen MR) is 140 cm³/mol. The van der Waals surface area contributed by atoms with Gasteiger partial charge in [-0.1, -0.05) is 43.2 Å². The van der Waals surface area contributed by atoms with Crippen molar-refractivity contribution in [1.29, 1.82) is 0 Å². The number of amides is 1. The lowest BCUT2D eigenvalue weighted by Gasteiger charge is -2.29. The Morgan fingerprint density at radius 1 is 1.11 bits per heavy atom. The van der Waals surface area contributed by atoms with Crippen molar-refractivity contribution < 1.29 is 9.90 Å². The monoisotopic (exact) mass is 481 g/mol. The minimum atomic E-state index is -1.23. The van der Waals surface area contributed by atoms with Gasteiger partial charge in [-0.2, -0.15) is 5.10 Å². The zero-order valence-corrected chi connectivity index (χ0v) is 20.4. The Kier molecular flexibility index (Phi) is 6.67. The fourth-order valence-corrected chi connectivity index (χ4v) is 4.57. The number of aryl methyl sites for hydroxylation is 1. The summed E-state index contributed by atoms with van der Waals surface area (Å²) in [4.78, 5) is 17.8. The van der Waals surface area contributed by atoms with Crippen molar-refractivity contribution in [3.05, 3.63) is 107 Å². The number of nitrogens with two attached hydrogens (primary N) is 1. The van der Waals surface area contributed by atoms with Crippen LogP contribution < -0.4 is 11.1 Å². The average Bonchev–Trinajstić information content (AvgIpc) is 3.66. The third kappa shape index (κ3) is 5.08. The van der Waals surface area contributed by atoms with Crippen molar-refractivity contribution in [2.75, 3.05) is 5.32 Å². The molecule has 4 N–H and O–H groups in total. The lowest BCUT2D eigenvalue weighted by atomic mass is 9.84. The van der Waals surface area contributed by atoms with E-state index in [0.29, 0.717) is 41.5 Å². The maximum absolute atomic E-state index is 13.4. The fraction of sp³-hybridized carbons (Fsp3) is 0.276. The van der Waals surface area contributed by atoms with Gasteiger partial charge < -0.3 is 16.2 Å². The number of anilines is 1. The van der Waals surface area contributed by atoms with Crippen molar-refractivity contribution in [2.45, 2.75) is 44.8 Å². The maximum Gasteiger partial charge on any atom is 0.274 e. The van der Waals surface area contributed by atoms with Crippen LogP contribution in [-0.4, -0.2) is 25.8 Å². The van der Waals surface area contributed by atoms with E-state index in [0.717, 1.165) is 23.4 Å². The minimum absolute atomic E-state index is 0.287. The summed E-state index contributed by atoms with van der Waals surface area (Å²) in [6.45, 7) is 2.26. The molecule has 0 saturated heterocycles. The molecule has 1 unspecified atom stereocenters. The molecule has 7 nitrogen and oxygen atoms in total. The zero-order chi connectivity index (χ0) is 25.1. The van der Waals surface area contributed by atoms with Crippen molar-refractivity contribution in [2.24, 2.45) is 11.7 Å². The standard InChI is InChI=1S/C29H31N5O2/c1-20-16-26(34(33-20)25-9-4-6-22(17-25)19-30)28(35)32-24-8-5-7-23(18-24)29(36,14-13-21-11-12-21)27-10-2-3-15-31-27/h2-10,15-18,21,36H,11-14,19,30H2,1H3,(H,32,35). The van der Waals surface area contributed by atoms with Gasteiger partial charge in [0.15, 0.2) is 0 Å². The first-order chi connectivity index (χ1) is 17.5. The smallest absolute Gasteiger partial charge is 0.274 e. The second-order valence-corrected chi connectivity index (χ2v) is 9.55. The van der Waals surface area contributed by atoms with E-state index in [1.54, 1.807) is 16.9 Å². The number of carbonyl (C=O) groups is 1. The van der Waals surface area contributed by atoms with Gasteiger partial charge in [0.2, 0.25) is 0 Å². The number of carbonyl (C=O) groups excluding carboxylic acids is 1. The zero-order valence-electron chi connectivity index (χ0n) is 20.4. The van der Waals surface area contributed by atoms with Crippen molar-refractivity contribution in [1.82, 2.24) is 14.8 Å². The first-order valence-corrected chi connectivity index (χ1v) is 12.4. The highest BCUT2D eigenvalue weighted by atomic mass is 16.3. The number of aromatic nitrogens is 3. The molecule has 4 aromatic rings. The molecule has 0 aliphatic heterocycles. The number of nitrogens with one attached hydrogen (secondary N) is 1. The summed E-state index contributed by atoms with van der Waals surface area (Å²) >= 11 is 0. The van der Waals surface area contributed by atoms with Gasteiger partial charge in [0.05, 0.1) is 17.1 Å². The second kappa shape index (κ2) is 10.0. The van der Waals surface area contributed by atoms with Gasteiger partial charge in [0.1, 0.15) is 11.3 Å². The first-order valence-electron chi connectivity index (χ1n) is 12.4. The second-order valence-electron chi connectivity index (χ2n) is 9.55. The van der Waals surface area contributed by atoms with Gasteiger partial charge in [-0.3, -0.25) is 9.78 Å². The van der Waals surface area contributed by atoms with Gasteiger partial charge in [0.25, 0.3) is 5.91 Å². The van der Waals surface area contributed by atoms with Crippen LogP contribution in [0.15, 0.2) is 79.0 Å². The third-order valence-electron chi connectivity index (χ3n) is 6.75. The Balaban J connectivity index is 1.43. The molecule has 7 heteroatoms. The molecule has 0 spiro atoms. The van der Waals surface area contributed by atoms with Crippen LogP contribution in [0.2, 0.25) is 0 Å². The molecule has 5 rings (SSSR count). The minimum Gasteiger partial charge on any atom is -0.379 e. The van der Waals surface area contributed by atoms with Crippen molar-refractivity contribution >= 4 is 11.6 Å². The van der Waals surface area contributed by atoms with Gasteiger partial charge in [-0.05, 0) is 79.3 Å². The Morgan fingerprint density at radius 3 is 2.69 bits per heavy atom. The number of rotatable bonds is 9. The Bertz CT molecular complexity index is 1360. The highest BCUT2D eigenvalue weighted by Crippen LogP contribution is 2.41. The Hall–Kier alpha value is -3.81. The van der Waals surface area contributed by atoms with E-state index in [4.69, 9.17) is 5.73 Å². The Labute approximate surface area is 211 Å².